The number of amides is 1. The minimum Gasteiger partial charge on any atom is -0.478 e. The minimum absolute atomic E-state index is 0.00604. The summed E-state index contributed by atoms with van der Waals surface area (Å²) in [4.78, 5) is 23.3. The molecule has 0 fully saturated rings. The molecule has 138 valence electrons. The van der Waals surface area contributed by atoms with Crippen LogP contribution >= 0.6 is 0 Å². The van der Waals surface area contributed by atoms with Crippen molar-refractivity contribution in [3.05, 3.63) is 65.2 Å². The number of aryl methyl sites for hydroxylation is 1. The Kier molecular flexibility index (Phi) is 6.66. The lowest BCUT2D eigenvalue weighted by molar-refractivity contribution is -0.121. The molecule has 5 nitrogen and oxygen atoms in total. The quantitative estimate of drug-likeness (QED) is 0.748. The largest absolute Gasteiger partial charge is 0.478 e. The molecule has 26 heavy (non-hydrogen) atoms. The molecule has 0 aliphatic carbocycles. The van der Waals surface area contributed by atoms with Crippen molar-refractivity contribution in [2.75, 3.05) is 0 Å². The molecule has 0 heterocycles. The van der Waals surface area contributed by atoms with E-state index in [1.807, 2.05) is 0 Å². The van der Waals surface area contributed by atoms with Gasteiger partial charge in [-0.1, -0.05) is 36.4 Å². The van der Waals surface area contributed by atoms with E-state index in [9.17, 15) is 18.4 Å². The summed E-state index contributed by atoms with van der Waals surface area (Å²) < 4.78 is 29.4. The van der Waals surface area contributed by atoms with Gasteiger partial charge in [0, 0.05) is 12.0 Å². The summed E-state index contributed by atoms with van der Waals surface area (Å²) in [5.74, 6) is -1.36. The zero-order chi connectivity index (χ0) is 19.1. The van der Waals surface area contributed by atoms with Crippen LogP contribution in [-0.2, 0) is 11.2 Å². The van der Waals surface area contributed by atoms with Crippen molar-refractivity contribution < 1.29 is 28.2 Å². The third-order valence-electron chi connectivity index (χ3n) is 3.85. The van der Waals surface area contributed by atoms with Gasteiger partial charge in [0.15, 0.2) is 0 Å². The number of ether oxygens (including phenoxy) is 1. The Labute approximate surface area is 149 Å². The van der Waals surface area contributed by atoms with E-state index in [2.05, 4.69) is 10.1 Å². The van der Waals surface area contributed by atoms with E-state index in [1.54, 1.807) is 43.3 Å². The maximum absolute atomic E-state index is 12.5. The predicted octanol–water partition coefficient (Wildman–Crippen LogP) is 3.80. The second-order valence-corrected chi connectivity index (χ2v) is 5.67. The van der Waals surface area contributed by atoms with Crippen molar-refractivity contribution in [2.45, 2.75) is 32.4 Å². The van der Waals surface area contributed by atoms with Gasteiger partial charge >= 0.3 is 12.6 Å². The Morgan fingerprint density at radius 2 is 1.77 bits per heavy atom. The van der Waals surface area contributed by atoms with E-state index >= 15 is 0 Å². The summed E-state index contributed by atoms with van der Waals surface area (Å²) in [5, 5.41) is 11.9. The summed E-state index contributed by atoms with van der Waals surface area (Å²) in [6, 6.07) is 12.2. The molecule has 2 rings (SSSR count). The molecule has 0 aromatic heterocycles. The summed E-state index contributed by atoms with van der Waals surface area (Å²) in [5.41, 5.74) is 1.15. The van der Waals surface area contributed by atoms with E-state index in [1.165, 1.54) is 12.1 Å². The monoisotopic (exact) mass is 363 g/mol. The maximum atomic E-state index is 12.5. The van der Waals surface area contributed by atoms with Crippen LogP contribution in [0, 0.1) is 0 Å². The van der Waals surface area contributed by atoms with E-state index in [4.69, 9.17) is 5.11 Å². The van der Waals surface area contributed by atoms with Crippen molar-refractivity contribution in [1.82, 2.24) is 5.32 Å². The highest BCUT2D eigenvalue weighted by Crippen LogP contribution is 2.26. The summed E-state index contributed by atoms with van der Waals surface area (Å²) in [7, 11) is 0. The van der Waals surface area contributed by atoms with Gasteiger partial charge < -0.3 is 15.2 Å². The highest BCUT2D eigenvalue weighted by atomic mass is 19.3. The molecular formula is C19H19F2NO4. The van der Waals surface area contributed by atoms with Crippen molar-refractivity contribution in [3.8, 4) is 5.75 Å². The number of nitrogens with one attached hydrogen (secondary N) is 1. The number of carboxylic acids is 1. The van der Waals surface area contributed by atoms with Crippen LogP contribution in [0.4, 0.5) is 8.78 Å². The Hall–Kier alpha value is -2.96. The molecule has 0 saturated carbocycles. The number of alkyl halides is 2. The SMILES string of the molecule is CC(NC(=O)CCc1ccccc1C(=O)O)c1ccccc1OC(F)F. The second-order valence-electron chi connectivity index (χ2n) is 5.67. The fourth-order valence-corrected chi connectivity index (χ4v) is 2.63. The van der Waals surface area contributed by atoms with Crippen LogP contribution in [0.2, 0.25) is 0 Å². The standard InChI is InChI=1S/C19H19F2NO4/c1-12(14-7-4-5-9-16(14)26-19(20)21)22-17(23)11-10-13-6-2-3-8-15(13)18(24)25/h2-9,12,19H,10-11H2,1H3,(H,22,23)(H,24,25). The topological polar surface area (TPSA) is 75.6 Å². The van der Waals surface area contributed by atoms with E-state index in [0.717, 1.165) is 0 Å². The van der Waals surface area contributed by atoms with E-state index in [-0.39, 0.29) is 30.1 Å². The van der Waals surface area contributed by atoms with Crippen molar-refractivity contribution in [3.63, 3.8) is 0 Å². The lowest BCUT2D eigenvalue weighted by atomic mass is 10.0. The Balaban J connectivity index is 1.99. The first-order valence-electron chi connectivity index (χ1n) is 8.02. The van der Waals surface area contributed by atoms with Crippen molar-refractivity contribution in [2.24, 2.45) is 0 Å². The molecule has 0 spiro atoms. The van der Waals surface area contributed by atoms with Crippen molar-refractivity contribution >= 4 is 11.9 Å². The number of carbonyl (C=O) groups is 2. The maximum Gasteiger partial charge on any atom is 0.387 e. The lowest BCUT2D eigenvalue weighted by Crippen LogP contribution is -2.27. The van der Waals surface area contributed by atoms with E-state index in [0.29, 0.717) is 11.1 Å². The van der Waals surface area contributed by atoms with Crippen LogP contribution in [0.3, 0.4) is 0 Å². The molecule has 0 aliphatic rings. The molecule has 2 aromatic rings. The van der Waals surface area contributed by atoms with Gasteiger partial charge in [0.2, 0.25) is 5.91 Å². The van der Waals surface area contributed by atoms with Crippen LogP contribution < -0.4 is 10.1 Å². The highest BCUT2D eigenvalue weighted by molar-refractivity contribution is 5.89. The van der Waals surface area contributed by atoms with Gasteiger partial charge in [0.1, 0.15) is 5.75 Å². The Morgan fingerprint density at radius 1 is 1.12 bits per heavy atom. The first-order chi connectivity index (χ1) is 12.4. The van der Waals surface area contributed by atoms with Gasteiger partial charge in [0.05, 0.1) is 11.6 Å². The molecule has 2 N–H and O–H groups in total. The average molecular weight is 363 g/mol. The summed E-state index contributed by atoms with van der Waals surface area (Å²) in [6.07, 6.45) is 0.336. The number of carboxylic acid groups (broad SMARTS) is 1. The zero-order valence-electron chi connectivity index (χ0n) is 14.1. The van der Waals surface area contributed by atoms with Crippen LogP contribution in [0.1, 0.15) is 40.9 Å². The number of benzene rings is 2. The number of carbonyl (C=O) groups excluding carboxylic acids is 1. The van der Waals surface area contributed by atoms with Crippen LogP contribution in [0.5, 0.6) is 5.75 Å². The van der Waals surface area contributed by atoms with Gasteiger partial charge in [-0.05, 0) is 31.0 Å². The Morgan fingerprint density at radius 3 is 2.46 bits per heavy atom. The molecule has 0 aliphatic heterocycles. The first-order valence-corrected chi connectivity index (χ1v) is 8.02. The predicted molar refractivity (Wildman–Crippen MR) is 91.4 cm³/mol. The van der Waals surface area contributed by atoms with Gasteiger partial charge in [0.25, 0.3) is 0 Å². The highest BCUT2D eigenvalue weighted by Gasteiger charge is 2.17. The third kappa shape index (κ3) is 5.27. The fourth-order valence-electron chi connectivity index (χ4n) is 2.63. The molecule has 1 amide bonds. The molecule has 1 unspecified atom stereocenters. The number of rotatable bonds is 8. The van der Waals surface area contributed by atoms with Crippen LogP contribution in [-0.4, -0.2) is 23.6 Å². The zero-order valence-corrected chi connectivity index (χ0v) is 14.1. The minimum atomic E-state index is -2.95. The summed E-state index contributed by atoms with van der Waals surface area (Å²) in [6.45, 7) is -1.29. The second kappa shape index (κ2) is 8.94. The molecule has 1 atom stereocenters. The number of hydrogen-bond acceptors (Lipinski definition) is 3. The van der Waals surface area contributed by atoms with Crippen molar-refractivity contribution in [1.29, 1.82) is 0 Å². The van der Waals surface area contributed by atoms with Crippen LogP contribution in [0.15, 0.2) is 48.5 Å². The molecule has 0 saturated heterocycles. The van der Waals surface area contributed by atoms with Gasteiger partial charge in [-0.15, -0.1) is 0 Å². The lowest BCUT2D eigenvalue weighted by Gasteiger charge is -2.18. The third-order valence-corrected chi connectivity index (χ3v) is 3.85. The number of para-hydroxylation sites is 1. The Bertz CT molecular complexity index is 780. The molecule has 2 aromatic carbocycles. The first kappa shape index (κ1) is 19.4. The number of hydrogen-bond donors (Lipinski definition) is 2. The van der Waals surface area contributed by atoms with Gasteiger partial charge in [-0.25, -0.2) is 4.79 Å². The molecular weight excluding hydrogens is 344 g/mol. The smallest absolute Gasteiger partial charge is 0.387 e. The van der Waals surface area contributed by atoms with E-state index < -0.39 is 18.6 Å². The van der Waals surface area contributed by atoms with Gasteiger partial charge in [-0.3, -0.25) is 4.79 Å². The average Bonchev–Trinajstić information content (AvgIpc) is 2.60. The summed E-state index contributed by atoms with van der Waals surface area (Å²) >= 11 is 0. The van der Waals surface area contributed by atoms with Gasteiger partial charge in [-0.2, -0.15) is 8.78 Å². The normalized spacial score (nSPS) is 11.8. The molecule has 0 bridgehead atoms. The van der Waals surface area contributed by atoms with Crippen LogP contribution in [0.25, 0.3) is 0 Å². The number of aromatic carboxylic acids is 1. The fraction of sp³-hybridized carbons (Fsp3) is 0.263. The molecule has 7 heteroatoms. The molecule has 0 radical (unpaired) electrons. The number of halogens is 2.